The van der Waals surface area contributed by atoms with Gasteiger partial charge in [0.1, 0.15) is 5.82 Å². The molecule has 96 valence electrons. The van der Waals surface area contributed by atoms with Crippen LogP contribution in [0.1, 0.15) is 12.2 Å². The monoisotopic (exact) mass is 238 g/mol. The zero-order chi connectivity index (χ0) is 12.3. The van der Waals surface area contributed by atoms with Gasteiger partial charge in [0.15, 0.2) is 0 Å². The van der Waals surface area contributed by atoms with Crippen molar-refractivity contribution >= 4 is 0 Å². The molecule has 1 aliphatic heterocycles. The maximum Gasteiger partial charge on any atom is 0.120 e. The van der Waals surface area contributed by atoms with E-state index in [0.717, 1.165) is 38.4 Å². The molecule has 1 fully saturated rings. The van der Waals surface area contributed by atoms with Crippen molar-refractivity contribution in [2.45, 2.75) is 19.1 Å². The SMILES string of the molecule is CN(C)C[C@@H]1CCN(Cc2ncc[nH]2)C[C@H]1O. The highest BCUT2D eigenvalue weighted by Crippen LogP contribution is 2.19. The number of hydrogen-bond acceptors (Lipinski definition) is 4. The molecule has 0 aromatic carbocycles. The summed E-state index contributed by atoms with van der Waals surface area (Å²) in [7, 11) is 4.11. The van der Waals surface area contributed by atoms with E-state index in [0.29, 0.717) is 5.92 Å². The molecule has 0 bridgehead atoms. The van der Waals surface area contributed by atoms with Crippen molar-refractivity contribution in [2.75, 3.05) is 33.7 Å². The molecule has 0 radical (unpaired) electrons. The number of β-amino-alcohol motifs (C(OH)–C–C–N with tert-alkyl or cyclic N) is 1. The smallest absolute Gasteiger partial charge is 0.120 e. The third kappa shape index (κ3) is 3.52. The highest BCUT2D eigenvalue weighted by molar-refractivity contribution is 4.89. The fourth-order valence-corrected chi connectivity index (χ4v) is 2.47. The van der Waals surface area contributed by atoms with E-state index in [9.17, 15) is 5.11 Å². The minimum atomic E-state index is -0.221. The van der Waals surface area contributed by atoms with E-state index in [2.05, 4.69) is 33.9 Å². The third-order valence-electron chi connectivity index (χ3n) is 3.33. The highest BCUT2D eigenvalue weighted by atomic mass is 16.3. The van der Waals surface area contributed by atoms with Gasteiger partial charge in [0.05, 0.1) is 12.6 Å². The van der Waals surface area contributed by atoms with Crippen LogP contribution in [0.2, 0.25) is 0 Å². The zero-order valence-corrected chi connectivity index (χ0v) is 10.6. The second-order valence-electron chi connectivity index (χ2n) is 5.15. The number of likely N-dealkylation sites (tertiary alicyclic amines) is 1. The van der Waals surface area contributed by atoms with E-state index in [1.165, 1.54) is 0 Å². The zero-order valence-electron chi connectivity index (χ0n) is 10.6. The first kappa shape index (κ1) is 12.5. The Labute approximate surface area is 102 Å². The van der Waals surface area contributed by atoms with Gasteiger partial charge in [-0.3, -0.25) is 4.90 Å². The number of rotatable bonds is 4. The minimum Gasteiger partial charge on any atom is -0.391 e. The molecule has 17 heavy (non-hydrogen) atoms. The summed E-state index contributed by atoms with van der Waals surface area (Å²) in [5, 5.41) is 10.1. The number of nitrogens with one attached hydrogen (secondary N) is 1. The number of aliphatic hydroxyl groups excluding tert-OH is 1. The van der Waals surface area contributed by atoms with Crippen molar-refractivity contribution in [2.24, 2.45) is 5.92 Å². The van der Waals surface area contributed by atoms with Gasteiger partial charge < -0.3 is 15.0 Å². The lowest BCUT2D eigenvalue weighted by molar-refractivity contribution is 0.00838. The quantitative estimate of drug-likeness (QED) is 0.784. The Morgan fingerprint density at radius 2 is 2.41 bits per heavy atom. The number of imidazole rings is 1. The maximum atomic E-state index is 10.1. The van der Waals surface area contributed by atoms with Crippen molar-refractivity contribution in [3.05, 3.63) is 18.2 Å². The number of aromatic nitrogens is 2. The molecule has 0 unspecified atom stereocenters. The molecule has 1 saturated heterocycles. The summed E-state index contributed by atoms with van der Waals surface area (Å²) >= 11 is 0. The van der Waals surface area contributed by atoms with Gasteiger partial charge in [0.2, 0.25) is 0 Å². The molecule has 1 aliphatic rings. The van der Waals surface area contributed by atoms with Crippen molar-refractivity contribution in [3.8, 4) is 0 Å². The van der Waals surface area contributed by atoms with Gasteiger partial charge in [-0.2, -0.15) is 0 Å². The fraction of sp³-hybridized carbons (Fsp3) is 0.750. The van der Waals surface area contributed by atoms with Gasteiger partial charge in [-0.1, -0.05) is 0 Å². The molecule has 0 amide bonds. The second-order valence-corrected chi connectivity index (χ2v) is 5.15. The maximum absolute atomic E-state index is 10.1. The molecule has 0 spiro atoms. The summed E-state index contributed by atoms with van der Waals surface area (Å²) in [6.45, 7) is 3.56. The Balaban J connectivity index is 1.82. The van der Waals surface area contributed by atoms with Gasteiger partial charge in [-0.25, -0.2) is 4.98 Å². The molecule has 5 heteroatoms. The van der Waals surface area contributed by atoms with Gasteiger partial charge in [0, 0.05) is 25.5 Å². The molecule has 2 atom stereocenters. The third-order valence-corrected chi connectivity index (χ3v) is 3.33. The average molecular weight is 238 g/mol. The average Bonchev–Trinajstić information content (AvgIpc) is 2.74. The topological polar surface area (TPSA) is 55.4 Å². The Morgan fingerprint density at radius 1 is 1.59 bits per heavy atom. The van der Waals surface area contributed by atoms with E-state index < -0.39 is 0 Å². The van der Waals surface area contributed by atoms with Crippen LogP contribution in [0.3, 0.4) is 0 Å². The second kappa shape index (κ2) is 5.62. The largest absolute Gasteiger partial charge is 0.391 e. The van der Waals surface area contributed by atoms with Crippen LogP contribution in [0.5, 0.6) is 0 Å². The molecule has 1 aromatic heterocycles. The number of aromatic amines is 1. The van der Waals surface area contributed by atoms with Crippen LogP contribution >= 0.6 is 0 Å². The molecule has 1 aromatic rings. The van der Waals surface area contributed by atoms with Gasteiger partial charge >= 0.3 is 0 Å². The Kier molecular flexibility index (Phi) is 4.15. The number of H-pyrrole nitrogens is 1. The molecular formula is C12H22N4O. The highest BCUT2D eigenvalue weighted by Gasteiger charge is 2.28. The van der Waals surface area contributed by atoms with Crippen LogP contribution in [0.25, 0.3) is 0 Å². The lowest BCUT2D eigenvalue weighted by atomic mass is 9.93. The van der Waals surface area contributed by atoms with Crippen molar-refractivity contribution in [1.82, 2.24) is 19.8 Å². The van der Waals surface area contributed by atoms with E-state index in [4.69, 9.17) is 0 Å². The Hall–Kier alpha value is -0.910. The summed E-state index contributed by atoms with van der Waals surface area (Å²) in [5.41, 5.74) is 0. The van der Waals surface area contributed by atoms with Gasteiger partial charge in [0.25, 0.3) is 0 Å². The summed E-state index contributed by atoms with van der Waals surface area (Å²) in [6.07, 6.45) is 4.44. The first-order valence-electron chi connectivity index (χ1n) is 6.18. The summed E-state index contributed by atoms with van der Waals surface area (Å²) in [5.74, 6) is 1.38. The van der Waals surface area contributed by atoms with E-state index in [-0.39, 0.29) is 6.10 Å². The molecule has 5 nitrogen and oxygen atoms in total. The van der Waals surface area contributed by atoms with Crippen molar-refractivity contribution in [3.63, 3.8) is 0 Å². The van der Waals surface area contributed by atoms with Gasteiger partial charge in [-0.15, -0.1) is 0 Å². The standard InChI is InChI=1S/C12H22N4O/c1-15(2)7-10-3-6-16(8-11(10)17)9-12-13-4-5-14-12/h4-5,10-11,17H,3,6-9H2,1-2H3,(H,13,14)/t10-,11+/m0/s1. The van der Waals surface area contributed by atoms with Crippen molar-refractivity contribution < 1.29 is 5.11 Å². The Bertz CT molecular complexity index is 325. The summed E-state index contributed by atoms with van der Waals surface area (Å²) in [6, 6.07) is 0. The van der Waals surface area contributed by atoms with Gasteiger partial charge in [-0.05, 0) is 33.0 Å². The van der Waals surface area contributed by atoms with Crippen LogP contribution in [-0.2, 0) is 6.54 Å². The lowest BCUT2D eigenvalue weighted by Gasteiger charge is -2.36. The molecule has 0 saturated carbocycles. The van der Waals surface area contributed by atoms with E-state index >= 15 is 0 Å². The molecule has 2 heterocycles. The number of nitrogens with zero attached hydrogens (tertiary/aromatic N) is 3. The molecule has 2 rings (SSSR count). The fourth-order valence-electron chi connectivity index (χ4n) is 2.47. The first-order chi connectivity index (χ1) is 8.15. The lowest BCUT2D eigenvalue weighted by Crippen LogP contribution is -2.46. The Morgan fingerprint density at radius 3 is 3.00 bits per heavy atom. The summed E-state index contributed by atoms with van der Waals surface area (Å²) in [4.78, 5) is 11.7. The number of aliphatic hydroxyl groups is 1. The van der Waals surface area contributed by atoms with E-state index in [1.807, 2.05) is 6.20 Å². The van der Waals surface area contributed by atoms with Crippen LogP contribution in [-0.4, -0.2) is 64.7 Å². The van der Waals surface area contributed by atoms with Crippen LogP contribution in [0.15, 0.2) is 12.4 Å². The summed E-state index contributed by atoms with van der Waals surface area (Å²) < 4.78 is 0. The first-order valence-corrected chi connectivity index (χ1v) is 6.18. The minimum absolute atomic E-state index is 0.221. The van der Waals surface area contributed by atoms with E-state index in [1.54, 1.807) is 6.20 Å². The van der Waals surface area contributed by atoms with Crippen LogP contribution in [0.4, 0.5) is 0 Å². The molecular weight excluding hydrogens is 216 g/mol. The number of piperidine rings is 1. The van der Waals surface area contributed by atoms with Crippen LogP contribution in [0, 0.1) is 5.92 Å². The predicted molar refractivity (Wildman–Crippen MR) is 66.5 cm³/mol. The predicted octanol–water partition coefficient (Wildman–Crippen LogP) is 0.154. The normalized spacial score (nSPS) is 26.6. The molecule has 2 N–H and O–H groups in total. The number of hydrogen-bond donors (Lipinski definition) is 2. The van der Waals surface area contributed by atoms with Crippen molar-refractivity contribution in [1.29, 1.82) is 0 Å². The van der Waals surface area contributed by atoms with Crippen LogP contribution < -0.4 is 0 Å². The molecule has 0 aliphatic carbocycles.